The molecule has 0 fully saturated rings. The first kappa shape index (κ1) is 26.5. The number of methoxy groups -OCH3 is 2. The Morgan fingerprint density at radius 1 is 0.897 bits per heavy atom. The smallest absolute Gasteiger partial charge is 0.224 e. The van der Waals surface area contributed by atoms with Gasteiger partial charge in [-0.1, -0.05) is 63.2 Å². The van der Waals surface area contributed by atoms with Crippen LogP contribution in [0.1, 0.15) is 69.2 Å². The summed E-state index contributed by atoms with van der Waals surface area (Å²) in [6, 6.07) is 21.4. The summed E-state index contributed by atoms with van der Waals surface area (Å²) in [5.41, 5.74) is 6.27. The number of nitrogens with zero attached hydrogens (tertiary/aromatic N) is 1. The lowest BCUT2D eigenvalue weighted by atomic mass is 9.77. The second-order valence-corrected chi connectivity index (χ2v) is 11.3. The van der Waals surface area contributed by atoms with E-state index in [-0.39, 0.29) is 23.0 Å². The molecule has 202 valence electrons. The second kappa shape index (κ2) is 10.3. The number of rotatable bonds is 4. The molecule has 0 radical (unpaired) electrons. The fourth-order valence-corrected chi connectivity index (χ4v) is 5.77. The Bertz CT molecular complexity index is 1450. The van der Waals surface area contributed by atoms with Gasteiger partial charge in [-0.3, -0.25) is 14.5 Å². The van der Waals surface area contributed by atoms with E-state index >= 15 is 0 Å². The zero-order valence-electron chi connectivity index (χ0n) is 23.5. The number of ketones is 1. The highest BCUT2D eigenvalue weighted by atomic mass is 16.5. The lowest BCUT2D eigenvalue weighted by Gasteiger charge is -2.35. The minimum atomic E-state index is -0.606. The highest BCUT2D eigenvalue weighted by molar-refractivity contribution is 6.06. The quantitative estimate of drug-likeness (QED) is 0.401. The Balaban J connectivity index is 1.65. The van der Waals surface area contributed by atoms with Gasteiger partial charge < -0.3 is 14.8 Å². The molecule has 1 N–H and O–H groups in total. The topological polar surface area (TPSA) is 67.9 Å². The van der Waals surface area contributed by atoms with Crippen molar-refractivity contribution in [3.05, 3.63) is 94.7 Å². The predicted octanol–water partition coefficient (Wildman–Crippen LogP) is 6.92. The van der Waals surface area contributed by atoms with Gasteiger partial charge in [0.25, 0.3) is 0 Å². The number of fused-ring (bicyclic) bond motifs is 1. The van der Waals surface area contributed by atoms with Gasteiger partial charge in [0.15, 0.2) is 17.3 Å². The summed E-state index contributed by atoms with van der Waals surface area (Å²) in [4.78, 5) is 29.1. The Hall–Kier alpha value is -4.06. The van der Waals surface area contributed by atoms with Crippen LogP contribution in [0.5, 0.6) is 11.5 Å². The van der Waals surface area contributed by atoms with Crippen molar-refractivity contribution in [2.24, 2.45) is 0 Å². The average Bonchev–Trinajstić information content (AvgIpc) is 3.07. The van der Waals surface area contributed by atoms with Gasteiger partial charge in [-0.25, -0.2) is 0 Å². The van der Waals surface area contributed by atoms with E-state index in [1.54, 1.807) is 26.0 Å². The van der Waals surface area contributed by atoms with Gasteiger partial charge in [-0.05, 0) is 58.7 Å². The molecule has 5 rings (SSSR count). The molecule has 0 unspecified atom stereocenters. The van der Waals surface area contributed by atoms with Crippen LogP contribution in [-0.4, -0.2) is 25.9 Å². The third-order valence-corrected chi connectivity index (χ3v) is 7.80. The number of allylic oxidation sites excluding steroid dienone is 1. The van der Waals surface area contributed by atoms with E-state index in [0.717, 1.165) is 28.2 Å². The van der Waals surface area contributed by atoms with Crippen LogP contribution >= 0.6 is 0 Å². The molecular weight excluding hydrogens is 488 g/mol. The first-order chi connectivity index (χ1) is 18.6. The number of carbonyl (C=O) groups excluding carboxylic acids is 2. The zero-order valence-corrected chi connectivity index (χ0v) is 23.5. The first-order valence-corrected chi connectivity index (χ1v) is 13.4. The third kappa shape index (κ3) is 4.91. The van der Waals surface area contributed by atoms with E-state index in [9.17, 15) is 9.59 Å². The maximum Gasteiger partial charge on any atom is 0.224 e. The summed E-state index contributed by atoms with van der Waals surface area (Å²) in [5, 5.41) is 3.57. The van der Waals surface area contributed by atoms with Crippen molar-refractivity contribution in [3.63, 3.8) is 0 Å². The third-order valence-electron chi connectivity index (χ3n) is 7.80. The molecule has 6 heteroatoms. The number of ether oxygens (including phenoxy) is 2. The highest BCUT2D eigenvalue weighted by Gasteiger charge is 2.41. The van der Waals surface area contributed by atoms with Crippen molar-refractivity contribution in [1.82, 2.24) is 0 Å². The van der Waals surface area contributed by atoms with Gasteiger partial charge >= 0.3 is 0 Å². The van der Waals surface area contributed by atoms with E-state index < -0.39 is 6.04 Å². The van der Waals surface area contributed by atoms with Crippen LogP contribution in [0.25, 0.3) is 0 Å². The van der Waals surface area contributed by atoms with Gasteiger partial charge in [0.2, 0.25) is 5.91 Å². The van der Waals surface area contributed by atoms with Gasteiger partial charge in [0.1, 0.15) is 0 Å². The molecule has 1 amide bonds. The van der Waals surface area contributed by atoms with Gasteiger partial charge in [-0.2, -0.15) is 0 Å². The van der Waals surface area contributed by atoms with Crippen LogP contribution in [0, 0.1) is 0 Å². The van der Waals surface area contributed by atoms with E-state index in [4.69, 9.17) is 9.47 Å². The first-order valence-electron chi connectivity index (χ1n) is 13.4. The Morgan fingerprint density at radius 3 is 2.21 bits per heavy atom. The number of carbonyl (C=O) groups is 2. The summed E-state index contributed by atoms with van der Waals surface area (Å²) in [6.45, 7) is 8.14. The van der Waals surface area contributed by atoms with E-state index in [0.29, 0.717) is 29.9 Å². The lowest BCUT2D eigenvalue weighted by molar-refractivity contribution is -0.117. The van der Waals surface area contributed by atoms with Crippen LogP contribution in [0.2, 0.25) is 0 Å². The maximum absolute atomic E-state index is 14.1. The van der Waals surface area contributed by atoms with Crippen molar-refractivity contribution < 1.29 is 19.1 Å². The Morgan fingerprint density at radius 2 is 1.56 bits per heavy atom. The maximum atomic E-state index is 14.1. The van der Waals surface area contributed by atoms with E-state index in [1.165, 1.54) is 5.56 Å². The number of nitrogens with one attached hydrogen (secondary N) is 1. The fraction of sp³-hybridized carbons (Fsp3) is 0.333. The van der Waals surface area contributed by atoms with Crippen LogP contribution in [0.3, 0.4) is 0 Å². The van der Waals surface area contributed by atoms with Crippen molar-refractivity contribution in [2.45, 2.75) is 57.9 Å². The van der Waals surface area contributed by atoms with Gasteiger partial charge in [0.05, 0.1) is 31.6 Å². The molecule has 1 aliphatic heterocycles. The average molecular weight is 525 g/mol. The molecule has 0 saturated carbocycles. The molecule has 1 heterocycles. The molecule has 2 atom stereocenters. The summed E-state index contributed by atoms with van der Waals surface area (Å²) in [7, 11) is 3.17. The van der Waals surface area contributed by atoms with Crippen molar-refractivity contribution in [3.8, 4) is 11.5 Å². The van der Waals surface area contributed by atoms with Crippen LogP contribution in [-0.2, 0) is 15.0 Å². The number of anilines is 2. The molecule has 3 aromatic rings. The predicted molar refractivity (Wildman–Crippen MR) is 155 cm³/mol. The Kier molecular flexibility index (Phi) is 6.98. The standard InChI is InChI=1S/C33H36N2O4/c1-20(36)35-27-10-8-7-9-25(27)34-26-17-23(21-11-14-24(15-12-21)33(2,3)4)18-28(37)31(26)32(35)22-13-16-29(38-5)30(19-22)39-6/h7-16,19,23,32,34H,17-18H2,1-6H3/t23-,32+/m0/s1. The molecule has 0 bridgehead atoms. The van der Waals surface area contributed by atoms with E-state index in [2.05, 4.69) is 50.4 Å². The van der Waals surface area contributed by atoms with Crippen LogP contribution in [0.15, 0.2) is 78.0 Å². The number of para-hydroxylation sites is 2. The SMILES string of the molecule is COc1ccc([C@@H]2C3=C(C[C@H](c4ccc(C(C)(C)C)cc4)CC3=O)Nc3ccccc3N2C(C)=O)cc1OC. The molecule has 39 heavy (non-hydrogen) atoms. The number of benzene rings is 3. The summed E-state index contributed by atoms with van der Waals surface area (Å²) >= 11 is 0. The molecule has 3 aromatic carbocycles. The van der Waals surface area contributed by atoms with Gasteiger partial charge in [0, 0.05) is 24.6 Å². The molecule has 6 nitrogen and oxygen atoms in total. The van der Waals surface area contributed by atoms with Crippen molar-refractivity contribution in [2.75, 3.05) is 24.4 Å². The minimum absolute atomic E-state index is 0.0347. The molecule has 2 aliphatic rings. The van der Waals surface area contributed by atoms with Crippen molar-refractivity contribution >= 4 is 23.1 Å². The normalized spacial score (nSPS) is 19.0. The number of Topliss-reactive ketones (excluding diaryl/α,β-unsaturated/α-hetero) is 1. The lowest BCUT2D eigenvalue weighted by Crippen LogP contribution is -2.37. The fourth-order valence-electron chi connectivity index (χ4n) is 5.77. The van der Waals surface area contributed by atoms with Crippen LogP contribution in [0.4, 0.5) is 11.4 Å². The number of hydrogen-bond donors (Lipinski definition) is 1. The molecular formula is C33H36N2O4. The number of amides is 1. The minimum Gasteiger partial charge on any atom is -0.493 e. The second-order valence-electron chi connectivity index (χ2n) is 11.3. The summed E-state index contributed by atoms with van der Waals surface area (Å²) in [5.74, 6) is 1.06. The monoisotopic (exact) mass is 524 g/mol. The summed E-state index contributed by atoms with van der Waals surface area (Å²) < 4.78 is 11.0. The zero-order chi connectivity index (χ0) is 27.9. The number of hydrogen-bond acceptors (Lipinski definition) is 5. The molecule has 0 spiro atoms. The van der Waals surface area contributed by atoms with E-state index in [1.807, 2.05) is 42.5 Å². The molecule has 0 saturated heterocycles. The Labute approximate surface area is 230 Å². The molecule has 0 aromatic heterocycles. The summed E-state index contributed by atoms with van der Waals surface area (Å²) in [6.07, 6.45) is 1.04. The largest absolute Gasteiger partial charge is 0.493 e. The molecule has 1 aliphatic carbocycles. The highest BCUT2D eigenvalue weighted by Crippen LogP contribution is 2.48. The van der Waals surface area contributed by atoms with Gasteiger partial charge in [-0.15, -0.1) is 0 Å². The van der Waals surface area contributed by atoms with Crippen molar-refractivity contribution in [1.29, 1.82) is 0 Å². The van der Waals surface area contributed by atoms with Crippen LogP contribution < -0.4 is 19.7 Å².